The van der Waals surface area contributed by atoms with Gasteiger partial charge >= 0.3 is 0 Å². The third-order valence-electron chi connectivity index (χ3n) is 11.4. The van der Waals surface area contributed by atoms with Crippen LogP contribution >= 0.6 is 11.3 Å². The summed E-state index contributed by atoms with van der Waals surface area (Å²) in [6.45, 7) is 0. The maximum Gasteiger partial charge on any atom is 0.0546 e. The summed E-state index contributed by atoms with van der Waals surface area (Å²) in [6.07, 6.45) is 0. The summed E-state index contributed by atoms with van der Waals surface area (Å²) < 4.78 is 2.60. The molecule has 0 aliphatic rings. The second-order valence-corrected chi connectivity index (χ2v) is 16.0. The summed E-state index contributed by atoms with van der Waals surface area (Å²) in [6, 6.07) is 82.1. The maximum absolute atomic E-state index is 2.46. The lowest BCUT2D eigenvalue weighted by atomic mass is 9.94. The largest absolute Gasteiger partial charge is 0.310 e. The summed E-state index contributed by atoms with van der Waals surface area (Å²) in [5.41, 5.74) is 12.9. The van der Waals surface area contributed by atoms with Crippen molar-refractivity contribution in [3.63, 3.8) is 0 Å². The number of hydrogen-bond acceptors (Lipinski definition) is 2. The highest BCUT2D eigenvalue weighted by Crippen LogP contribution is 2.46. The van der Waals surface area contributed by atoms with E-state index in [-0.39, 0.29) is 0 Å². The molecular weight excluding hydrogens is 719 g/mol. The van der Waals surface area contributed by atoms with E-state index in [0.717, 1.165) is 17.1 Å². The van der Waals surface area contributed by atoms with E-state index in [4.69, 9.17) is 0 Å². The number of fused-ring (bicyclic) bond motifs is 5. The Kier molecular flexibility index (Phi) is 8.42. The van der Waals surface area contributed by atoms with Crippen LogP contribution in [-0.2, 0) is 0 Å². The molecule has 0 aliphatic carbocycles. The molecule has 0 atom stereocenters. The molecule has 11 aromatic rings. The topological polar surface area (TPSA) is 3.24 Å². The van der Waals surface area contributed by atoms with E-state index in [9.17, 15) is 0 Å². The van der Waals surface area contributed by atoms with Crippen molar-refractivity contribution in [2.75, 3.05) is 4.90 Å². The van der Waals surface area contributed by atoms with Gasteiger partial charge in [0.1, 0.15) is 0 Å². The van der Waals surface area contributed by atoms with Gasteiger partial charge in [0.25, 0.3) is 0 Å². The first kappa shape index (κ1) is 34.0. The molecule has 0 saturated heterocycles. The number of benzene rings is 10. The monoisotopic (exact) mass is 755 g/mol. The van der Waals surface area contributed by atoms with Gasteiger partial charge in [0.15, 0.2) is 0 Å². The summed E-state index contributed by atoms with van der Waals surface area (Å²) in [5, 5.41) is 7.56. The standard InChI is InChI=1S/C56H37NS/c1-2-13-41(14-3-1)51-32-28-46(50-22-11-17-40-15-6-7-20-49(40)50)36-54(51)57(48-31-33-56-53(37-48)52-21-8-9-23-55(52)58-56)47-29-26-39(27-30-47)43-18-10-19-44(34-43)45-25-24-38-12-4-5-16-42(38)35-45/h1-37H. The van der Waals surface area contributed by atoms with Gasteiger partial charge < -0.3 is 4.90 Å². The highest BCUT2D eigenvalue weighted by Gasteiger charge is 2.20. The molecule has 11 rings (SSSR count). The van der Waals surface area contributed by atoms with Gasteiger partial charge in [-0.1, -0.05) is 170 Å². The average molecular weight is 756 g/mol. The van der Waals surface area contributed by atoms with Crippen LogP contribution in [0.1, 0.15) is 0 Å². The molecule has 0 fully saturated rings. The maximum atomic E-state index is 2.46. The first-order valence-electron chi connectivity index (χ1n) is 19.8. The Bertz CT molecular complexity index is 3280. The SMILES string of the molecule is c1ccc(-c2ccc(-c3cccc4ccccc34)cc2N(c2ccc(-c3cccc(-c4ccc5ccccc5c4)c3)cc2)c2ccc3sc4ccccc4c3c2)cc1. The second-order valence-electron chi connectivity index (χ2n) is 14.9. The summed E-state index contributed by atoms with van der Waals surface area (Å²) in [4.78, 5) is 2.46. The number of hydrogen-bond donors (Lipinski definition) is 0. The highest BCUT2D eigenvalue weighted by atomic mass is 32.1. The van der Waals surface area contributed by atoms with Gasteiger partial charge in [0, 0.05) is 37.1 Å². The Morgan fingerprint density at radius 1 is 0.276 bits per heavy atom. The van der Waals surface area contributed by atoms with Gasteiger partial charge in [0.2, 0.25) is 0 Å². The molecule has 0 saturated carbocycles. The molecule has 1 nitrogen and oxygen atoms in total. The van der Waals surface area contributed by atoms with Gasteiger partial charge in [-0.2, -0.15) is 0 Å². The number of nitrogens with zero attached hydrogens (tertiary/aromatic N) is 1. The highest BCUT2D eigenvalue weighted by molar-refractivity contribution is 7.25. The molecule has 0 unspecified atom stereocenters. The van der Waals surface area contributed by atoms with Crippen molar-refractivity contribution in [3.8, 4) is 44.5 Å². The molecule has 272 valence electrons. The minimum atomic E-state index is 1.10. The first-order chi connectivity index (χ1) is 28.7. The molecular formula is C56H37NS. The lowest BCUT2D eigenvalue weighted by Gasteiger charge is -2.29. The van der Waals surface area contributed by atoms with E-state index in [2.05, 4.69) is 229 Å². The molecule has 0 N–H and O–H groups in total. The molecule has 0 bridgehead atoms. The van der Waals surface area contributed by atoms with Crippen molar-refractivity contribution < 1.29 is 0 Å². The average Bonchev–Trinajstić information content (AvgIpc) is 3.67. The van der Waals surface area contributed by atoms with Crippen molar-refractivity contribution in [2.24, 2.45) is 0 Å². The van der Waals surface area contributed by atoms with Crippen LogP contribution in [-0.4, -0.2) is 0 Å². The van der Waals surface area contributed by atoms with Crippen LogP contribution in [0, 0.1) is 0 Å². The van der Waals surface area contributed by atoms with E-state index < -0.39 is 0 Å². The van der Waals surface area contributed by atoms with E-state index >= 15 is 0 Å². The minimum Gasteiger partial charge on any atom is -0.310 e. The van der Waals surface area contributed by atoms with Crippen LogP contribution in [0.5, 0.6) is 0 Å². The van der Waals surface area contributed by atoms with Gasteiger partial charge in [-0.25, -0.2) is 0 Å². The number of anilines is 3. The molecule has 1 heterocycles. The molecule has 0 spiro atoms. The molecule has 0 amide bonds. The van der Waals surface area contributed by atoms with Crippen molar-refractivity contribution in [1.82, 2.24) is 0 Å². The van der Waals surface area contributed by atoms with Gasteiger partial charge in [-0.15, -0.1) is 11.3 Å². The fourth-order valence-electron chi connectivity index (χ4n) is 8.55. The van der Waals surface area contributed by atoms with Crippen molar-refractivity contribution in [2.45, 2.75) is 0 Å². The van der Waals surface area contributed by atoms with Gasteiger partial charge in [-0.05, 0) is 115 Å². The normalized spacial score (nSPS) is 11.4. The van der Waals surface area contributed by atoms with Crippen LogP contribution in [0.15, 0.2) is 224 Å². The van der Waals surface area contributed by atoms with Crippen LogP contribution in [0.2, 0.25) is 0 Å². The van der Waals surface area contributed by atoms with Gasteiger partial charge in [-0.3, -0.25) is 0 Å². The quantitative estimate of drug-likeness (QED) is 0.157. The van der Waals surface area contributed by atoms with E-state index in [1.54, 1.807) is 0 Å². The van der Waals surface area contributed by atoms with Crippen molar-refractivity contribution in [3.05, 3.63) is 224 Å². The summed E-state index contributed by atoms with van der Waals surface area (Å²) >= 11 is 1.86. The van der Waals surface area contributed by atoms with Crippen LogP contribution in [0.25, 0.3) is 86.2 Å². The Hall–Kier alpha value is -7.26. The van der Waals surface area contributed by atoms with E-state index in [0.29, 0.717) is 0 Å². The van der Waals surface area contributed by atoms with Crippen LogP contribution in [0.4, 0.5) is 17.1 Å². The molecule has 2 heteroatoms. The van der Waals surface area contributed by atoms with E-state index in [1.165, 1.54) is 86.2 Å². The minimum absolute atomic E-state index is 1.10. The molecule has 58 heavy (non-hydrogen) atoms. The smallest absolute Gasteiger partial charge is 0.0546 e. The van der Waals surface area contributed by atoms with Crippen molar-refractivity contribution >= 4 is 70.1 Å². The Morgan fingerprint density at radius 3 is 1.74 bits per heavy atom. The lowest BCUT2D eigenvalue weighted by Crippen LogP contribution is -2.11. The first-order valence-corrected chi connectivity index (χ1v) is 20.6. The second kappa shape index (κ2) is 14.4. The third-order valence-corrected chi connectivity index (χ3v) is 12.6. The zero-order valence-electron chi connectivity index (χ0n) is 31.7. The zero-order chi connectivity index (χ0) is 38.4. The van der Waals surface area contributed by atoms with Crippen LogP contribution < -0.4 is 4.90 Å². The Balaban J connectivity index is 1.09. The lowest BCUT2D eigenvalue weighted by molar-refractivity contribution is 1.29. The third kappa shape index (κ3) is 6.12. The predicted octanol–water partition coefficient (Wildman–Crippen LogP) is 16.5. The Labute approximate surface area is 342 Å². The molecule has 10 aromatic carbocycles. The van der Waals surface area contributed by atoms with Crippen LogP contribution in [0.3, 0.4) is 0 Å². The summed E-state index contributed by atoms with van der Waals surface area (Å²) in [7, 11) is 0. The summed E-state index contributed by atoms with van der Waals surface area (Å²) in [5.74, 6) is 0. The predicted molar refractivity (Wildman–Crippen MR) is 251 cm³/mol. The fraction of sp³-hybridized carbons (Fsp3) is 0. The molecule has 0 radical (unpaired) electrons. The number of rotatable bonds is 7. The fourth-order valence-corrected chi connectivity index (χ4v) is 9.64. The van der Waals surface area contributed by atoms with Gasteiger partial charge in [0.05, 0.1) is 5.69 Å². The Morgan fingerprint density at radius 2 is 0.879 bits per heavy atom. The van der Waals surface area contributed by atoms with Crippen molar-refractivity contribution in [1.29, 1.82) is 0 Å². The molecule has 1 aromatic heterocycles. The van der Waals surface area contributed by atoms with E-state index in [1.807, 2.05) is 11.3 Å². The number of thiophene rings is 1. The molecule has 0 aliphatic heterocycles. The zero-order valence-corrected chi connectivity index (χ0v) is 32.5.